The Labute approximate surface area is 118 Å². The van der Waals surface area contributed by atoms with Crippen LogP contribution in [0.4, 0.5) is 10.1 Å². The minimum atomic E-state index is -0.695. The Kier molecular flexibility index (Phi) is 4.37. The van der Waals surface area contributed by atoms with E-state index >= 15 is 0 Å². The maximum Gasteiger partial charge on any atom is 0.341 e. The number of esters is 1. The second kappa shape index (κ2) is 6.21. The molecule has 0 aliphatic rings. The molecule has 104 valence electrons. The van der Waals surface area contributed by atoms with Gasteiger partial charge >= 0.3 is 5.97 Å². The topological polar surface area (TPSA) is 68.5 Å². The van der Waals surface area contributed by atoms with Crippen LogP contribution in [0.15, 0.2) is 41.2 Å². The molecule has 0 saturated carbocycles. The second-order valence-electron chi connectivity index (χ2n) is 3.76. The van der Waals surface area contributed by atoms with Crippen LogP contribution in [-0.4, -0.2) is 18.5 Å². The molecule has 0 fully saturated rings. The molecule has 0 atom stereocenters. The minimum Gasteiger partial charge on any atom is -0.472 e. The molecule has 1 heterocycles. The minimum absolute atomic E-state index is 0.107. The second-order valence-corrected chi connectivity index (χ2v) is 4.17. The van der Waals surface area contributed by atoms with Crippen molar-refractivity contribution in [3.63, 3.8) is 0 Å². The smallest absolute Gasteiger partial charge is 0.341 e. The highest BCUT2D eigenvalue weighted by Crippen LogP contribution is 2.22. The largest absolute Gasteiger partial charge is 0.472 e. The Hall–Kier alpha value is -2.34. The fraction of sp³-hybridized carbons (Fsp3) is 0.0769. The van der Waals surface area contributed by atoms with Gasteiger partial charge in [-0.25, -0.2) is 9.18 Å². The lowest BCUT2D eigenvalue weighted by Crippen LogP contribution is -2.21. The molecule has 0 saturated heterocycles. The third kappa shape index (κ3) is 3.58. The Bertz CT molecular complexity index is 627. The maximum atomic E-state index is 13.0. The van der Waals surface area contributed by atoms with E-state index in [0.29, 0.717) is 0 Å². The standard InChI is InChI=1S/C13H9ClFNO4/c14-10-2-1-9(15)5-11(10)16-12(17)7-20-13(18)8-3-4-19-6-8/h1-6H,7H2,(H,16,17). The Morgan fingerprint density at radius 2 is 2.15 bits per heavy atom. The van der Waals surface area contributed by atoms with Crippen molar-refractivity contribution in [2.75, 3.05) is 11.9 Å². The van der Waals surface area contributed by atoms with Crippen molar-refractivity contribution in [1.29, 1.82) is 0 Å². The van der Waals surface area contributed by atoms with Crippen molar-refractivity contribution in [3.05, 3.63) is 53.2 Å². The van der Waals surface area contributed by atoms with Gasteiger partial charge in [0, 0.05) is 0 Å². The molecule has 1 aromatic heterocycles. The SMILES string of the molecule is O=C(COC(=O)c1ccoc1)Nc1cc(F)ccc1Cl. The number of hydrogen-bond acceptors (Lipinski definition) is 4. The zero-order chi connectivity index (χ0) is 14.5. The summed E-state index contributed by atoms with van der Waals surface area (Å²) >= 11 is 5.78. The predicted molar refractivity (Wildman–Crippen MR) is 69.0 cm³/mol. The average Bonchev–Trinajstić information content (AvgIpc) is 2.94. The number of benzene rings is 1. The van der Waals surface area contributed by atoms with E-state index < -0.39 is 24.3 Å². The van der Waals surface area contributed by atoms with Crippen molar-refractivity contribution in [3.8, 4) is 0 Å². The average molecular weight is 298 g/mol. The number of hydrogen-bond donors (Lipinski definition) is 1. The Balaban J connectivity index is 1.90. The summed E-state index contributed by atoms with van der Waals surface area (Å²) in [6.07, 6.45) is 2.51. The number of ether oxygens (including phenoxy) is 1. The molecule has 0 aliphatic heterocycles. The lowest BCUT2D eigenvalue weighted by atomic mass is 10.3. The maximum absolute atomic E-state index is 13.0. The summed E-state index contributed by atoms with van der Waals surface area (Å²) < 4.78 is 22.4. The van der Waals surface area contributed by atoms with Gasteiger partial charge in [0.15, 0.2) is 6.61 Å². The number of amides is 1. The first-order valence-electron chi connectivity index (χ1n) is 5.50. The van der Waals surface area contributed by atoms with Gasteiger partial charge in [0.25, 0.3) is 5.91 Å². The van der Waals surface area contributed by atoms with Crippen LogP contribution in [0.5, 0.6) is 0 Å². The first-order valence-corrected chi connectivity index (χ1v) is 5.88. The third-order valence-electron chi connectivity index (χ3n) is 2.29. The van der Waals surface area contributed by atoms with Gasteiger partial charge in [0.1, 0.15) is 12.1 Å². The van der Waals surface area contributed by atoms with Crippen molar-refractivity contribution in [1.82, 2.24) is 0 Å². The van der Waals surface area contributed by atoms with E-state index in [9.17, 15) is 14.0 Å². The molecule has 7 heteroatoms. The third-order valence-corrected chi connectivity index (χ3v) is 2.62. The Morgan fingerprint density at radius 1 is 1.35 bits per heavy atom. The van der Waals surface area contributed by atoms with Crippen molar-refractivity contribution in [2.45, 2.75) is 0 Å². The fourth-order valence-electron chi connectivity index (χ4n) is 1.37. The molecular formula is C13H9ClFNO4. The fourth-order valence-corrected chi connectivity index (χ4v) is 1.54. The lowest BCUT2D eigenvalue weighted by Gasteiger charge is -2.07. The van der Waals surface area contributed by atoms with Gasteiger partial charge in [-0.1, -0.05) is 11.6 Å². The first-order chi connectivity index (χ1) is 9.56. The molecule has 1 aromatic carbocycles. The number of nitrogens with one attached hydrogen (secondary N) is 1. The highest BCUT2D eigenvalue weighted by molar-refractivity contribution is 6.33. The normalized spacial score (nSPS) is 10.1. The van der Waals surface area contributed by atoms with Gasteiger partial charge in [-0.15, -0.1) is 0 Å². The van der Waals surface area contributed by atoms with Crippen molar-refractivity contribution in [2.24, 2.45) is 0 Å². The molecule has 2 aromatic rings. The number of carbonyl (C=O) groups is 2. The number of anilines is 1. The quantitative estimate of drug-likeness (QED) is 0.881. The highest BCUT2D eigenvalue weighted by Gasteiger charge is 2.12. The molecule has 2 rings (SSSR count). The summed E-state index contributed by atoms with van der Waals surface area (Å²) in [5.74, 6) is -1.87. The molecule has 0 aliphatic carbocycles. The van der Waals surface area contributed by atoms with E-state index in [0.717, 1.165) is 12.1 Å². The molecular weight excluding hydrogens is 289 g/mol. The van der Waals surface area contributed by atoms with E-state index in [1.54, 1.807) is 0 Å². The van der Waals surface area contributed by atoms with E-state index in [1.807, 2.05) is 0 Å². The number of carbonyl (C=O) groups excluding carboxylic acids is 2. The summed E-state index contributed by atoms with van der Waals surface area (Å²) in [6.45, 7) is -0.517. The monoisotopic (exact) mass is 297 g/mol. The molecule has 0 unspecified atom stereocenters. The lowest BCUT2D eigenvalue weighted by molar-refractivity contribution is -0.119. The molecule has 5 nitrogen and oxygen atoms in total. The zero-order valence-corrected chi connectivity index (χ0v) is 10.8. The molecule has 1 amide bonds. The highest BCUT2D eigenvalue weighted by atomic mass is 35.5. The summed E-state index contributed by atoms with van der Waals surface area (Å²) in [5.41, 5.74) is 0.303. The van der Waals surface area contributed by atoms with Crippen LogP contribution >= 0.6 is 11.6 Å². The van der Waals surface area contributed by atoms with Crippen LogP contribution in [0.2, 0.25) is 5.02 Å². The van der Waals surface area contributed by atoms with E-state index in [1.165, 1.54) is 24.7 Å². The van der Waals surface area contributed by atoms with E-state index in [4.69, 9.17) is 20.8 Å². The molecule has 0 spiro atoms. The van der Waals surface area contributed by atoms with Crippen LogP contribution in [0.3, 0.4) is 0 Å². The molecule has 20 heavy (non-hydrogen) atoms. The van der Waals surface area contributed by atoms with Gasteiger partial charge in [0.2, 0.25) is 0 Å². The molecule has 0 radical (unpaired) electrons. The van der Waals surface area contributed by atoms with Crippen LogP contribution in [0.25, 0.3) is 0 Å². The van der Waals surface area contributed by atoms with E-state index in [2.05, 4.69) is 5.32 Å². The number of rotatable bonds is 4. The van der Waals surface area contributed by atoms with Crippen LogP contribution < -0.4 is 5.32 Å². The summed E-state index contributed by atoms with van der Waals surface area (Å²) in [5, 5.41) is 2.52. The van der Waals surface area contributed by atoms with Gasteiger partial charge in [-0.2, -0.15) is 0 Å². The van der Waals surface area contributed by atoms with Gasteiger partial charge < -0.3 is 14.5 Å². The Morgan fingerprint density at radius 3 is 2.85 bits per heavy atom. The first kappa shape index (κ1) is 14.1. The van der Waals surface area contributed by atoms with Crippen LogP contribution in [0.1, 0.15) is 10.4 Å². The van der Waals surface area contributed by atoms with Crippen molar-refractivity contribution < 1.29 is 23.1 Å². The zero-order valence-electron chi connectivity index (χ0n) is 10.1. The van der Waals surface area contributed by atoms with Crippen molar-refractivity contribution >= 4 is 29.2 Å². The number of halogens is 2. The van der Waals surface area contributed by atoms with Gasteiger partial charge in [-0.3, -0.25) is 4.79 Å². The van der Waals surface area contributed by atoms with Gasteiger partial charge in [0.05, 0.1) is 22.5 Å². The summed E-state index contributed by atoms with van der Waals surface area (Å²) in [7, 11) is 0. The predicted octanol–water partition coefficient (Wildman–Crippen LogP) is 2.87. The summed E-state index contributed by atoms with van der Waals surface area (Å²) in [4.78, 5) is 23.0. The molecule has 1 N–H and O–H groups in total. The molecule has 0 bridgehead atoms. The van der Waals surface area contributed by atoms with Crippen LogP contribution in [-0.2, 0) is 9.53 Å². The number of furan rings is 1. The van der Waals surface area contributed by atoms with Crippen LogP contribution in [0, 0.1) is 5.82 Å². The summed E-state index contributed by atoms with van der Waals surface area (Å²) in [6, 6.07) is 4.95. The van der Waals surface area contributed by atoms with E-state index in [-0.39, 0.29) is 16.3 Å². The van der Waals surface area contributed by atoms with Gasteiger partial charge in [-0.05, 0) is 24.3 Å².